The summed E-state index contributed by atoms with van der Waals surface area (Å²) in [5.41, 5.74) is 2.57. The Bertz CT molecular complexity index is 866. The summed E-state index contributed by atoms with van der Waals surface area (Å²) in [6.07, 6.45) is 1.78. The summed E-state index contributed by atoms with van der Waals surface area (Å²) in [7, 11) is 0. The van der Waals surface area contributed by atoms with E-state index in [0.29, 0.717) is 25.3 Å². The fraction of sp³-hybridized carbons (Fsp3) is 0.312. The lowest BCUT2D eigenvalue weighted by molar-refractivity contribution is -0.133. The highest BCUT2D eigenvalue weighted by Gasteiger charge is 2.22. The van der Waals surface area contributed by atoms with Crippen molar-refractivity contribution in [1.29, 1.82) is 0 Å². The standard InChI is InChI=1S/C16H17N5O2/c22-11-13-7-14-9-19(5-6-20(14)18-13)16(23)10-21-15-4-2-1-3-12(15)8-17-21/h1-4,7-8,22H,5-6,9-11H2. The fourth-order valence-electron chi connectivity index (χ4n) is 3.00. The molecule has 0 unspecified atom stereocenters. The minimum Gasteiger partial charge on any atom is -0.390 e. The number of nitrogens with zero attached hydrogens (tertiary/aromatic N) is 5. The number of benzene rings is 1. The molecule has 0 fully saturated rings. The maximum Gasteiger partial charge on any atom is 0.244 e. The summed E-state index contributed by atoms with van der Waals surface area (Å²) in [6, 6.07) is 9.71. The van der Waals surface area contributed by atoms with E-state index in [0.717, 1.165) is 16.6 Å². The Morgan fingerprint density at radius 1 is 1.26 bits per heavy atom. The maximum absolute atomic E-state index is 12.6. The first-order valence-corrected chi connectivity index (χ1v) is 7.59. The molecule has 7 heteroatoms. The molecule has 4 rings (SSSR count). The number of hydrogen-bond donors (Lipinski definition) is 1. The van der Waals surface area contributed by atoms with Crippen LogP contribution in [0.25, 0.3) is 10.9 Å². The monoisotopic (exact) mass is 311 g/mol. The third kappa shape index (κ3) is 2.49. The molecule has 3 aromatic rings. The molecule has 2 aromatic heterocycles. The van der Waals surface area contributed by atoms with Crippen LogP contribution in [0.3, 0.4) is 0 Å². The van der Waals surface area contributed by atoms with Gasteiger partial charge >= 0.3 is 0 Å². The average molecular weight is 311 g/mol. The van der Waals surface area contributed by atoms with Crippen LogP contribution >= 0.6 is 0 Å². The van der Waals surface area contributed by atoms with E-state index in [1.807, 2.05) is 39.9 Å². The zero-order valence-electron chi connectivity index (χ0n) is 12.6. The first-order valence-electron chi connectivity index (χ1n) is 7.59. The van der Waals surface area contributed by atoms with Crippen molar-refractivity contribution in [2.75, 3.05) is 6.54 Å². The van der Waals surface area contributed by atoms with Crippen molar-refractivity contribution in [3.63, 3.8) is 0 Å². The Hall–Kier alpha value is -2.67. The van der Waals surface area contributed by atoms with E-state index in [4.69, 9.17) is 5.11 Å². The van der Waals surface area contributed by atoms with Crippen molar-refractivity contribution >= 4 is 16.8 Å². The first-order chi connectivity index (χ1) is 11.2. The molecule has 1 amide bonds. The van der Waals surface area contributed by atoms with E-state index >= 15 is 0 Å². The topological polar surface area (TPSA) is 76.2 Å². The summed E-state index contributed by atoms with van der Waals surface area (Å²) < 4.78 is 3.60. The van der Waals surface area contributed by atoms with Crippen molar-refractivity contribution in [1.82, 2.24) is 24.5 Å². The van der Waals surface area contributed by atoms with E-state index < -0.39 is 0 Å². The molecule has 0 saturated carbocycles. The van der Waals surface area contributed by atoms with E-state index in [-0.39, 0.29) is 19.1 Å². The average Bonchev–Trinajstić information content (AvgIpc) is 3.18. The zero-order chi connectivity index (χ0) is 15.8. The number of hydrogen-bond acceptors (Lipinski definition) is 4. The van der Waals surface area contributed by atoms with Gasteiger partial charge in [0.1, 0.15) is 6.54 Å². The Labute approximate surface area is 132 Å². The Morgan fingerprint density at radius 2 is 2.13 bits per heavy atom. The number of carbonyl (C=O) groups is 1. The van der Waals surface area contributed by atoms with Crippen molar-refractivity contribution in [2.45, 2.75) is 26.2 Å². The second kappa shape index (κ2) is 5.51. The van der Waals surface area contributed by atoms with E-state index in [1.54, 1.807) is 10.9 Å². The summed E-state index contributed by atoms with van der Waals surface area (Å²) in [5.74, 6) is 0.0388. The molecule has 7 nitrogen and oxygen atoms in total. The van der Waals surface area contributed by atoms with Gasteiger partial charge in [0.05, 0.1) is 42.8 Å². The van der Waals surface area contributed by atoms with Gasteiger partial charge in [0.2, 0.25) is 5.91 Å². The second-order valence-electron chi connectivity index (χ2n) is 5.68. The van der Waals surface area contributed by atoms with Gasteiger partial charge in [-0.25, -0.2) is 0 Å². The molecule has 0 spiro atoms. The number of carbonyl (C=O) groups excluding carboxylic acids is 1. The van der Waals surface area contributed by atoms with Gasteiger partial charge in [-0.05, 0) is 12.1 Å². The third-order valence-corrected chi connectivity index (χ3v) is 4.20. The molecule has 1 aromatic carbocycles. The molecule has 1 aliphatic heterocycles. The number of amides is 1. The molecule has 0 radical (unpaired) electrons. The predicted molar refractivity (Wildman–Crippen MR) is 83.3 cm³/mol. The summed E-state index contributed by atoms with van der Waals surface area (Å²) in [4.78, 5) is 14.4. The minimum atomic E-state index is -0.0762. The largest absolute Gasteiger partial charge is 0.390 e. The Balaban J connectivity index is 1.51. The SMILES string of the molecule is O=C(Cn1ncc2ccccc21)N1CCn2nc(CO)cc2C1. The summed E-state index contributed by atoms with van der Waals surface area (Å²) >= 11 is 0. The number of rotatable bonds is 3. The van der Waals surface area contributed by atoms with Gasteiger partial charge in [-0.3, -0.25) is 14.2 Å². The molecule has 0 aliphatic carbocycles. The molecule has 23 heavy (non-hydrogen) atoms. The van der Waals surface area contributed by atoms with Gasteiger partial charge in [0.25, 0.3) is 0 Å². The van der Waals surface area contributed by atoms with Gasteiger partial charge in [-0.15, -0.1) is 0 Å². The van der Waals surface area contributed by atoms with Crippen molar-refractivity contribution in [3.8, 4) is 0 Å². The summed E-state index contributed by atoms with van der Waals surface area (Å²) in [6.45, 7) is 1.95. The fourth-order valence-corrected chi connectivity index (χ4v) is 3.00. The van der Waals surface area contributed by atoms with Crippen LogP contribution in [0.1, 0.15) is 11.4 Å². The van der Waals surface area contributed by atoms with Crippen molar-refractivity contribution < 1.29 is 9.90 Å². The minimum absolute atomic E-state index is 0.0388. The number of fused-ring (bicyclic) bond motifs is 2. The smallest absolute Gasteiger partial charge is 0.244 e. The number of aliphatic hydroxyl groups is 1. The van der Waals surface area contributed by atoms with Gasteiger partial charge in [-0.1, -0.05) is 18.2 Å². The second-order valence-corrected chi connectivity index (χ2v) is 5.68. The maximum atomic E-state index is 12.6. The molecule has 0 atom stereocenters. The van der Waals surface area contributed by atoms with Crippen LogP contribution in [-0.4, -0.2) is 42.0 Å². The predicted octanol–water partition coefficient (Wildman–Crippen LogP) is 0.767. The van der Waals surface area contributed by atoms with Crippen LogP contribution < -0.4 is 0 Å². The Morgan fingerprint density at radius 3 is 3.00 bits per heavy atom. The molecule has 118 valence electrons. The van der Waals surface area contributed by atoms with Gasteiger partial charge in [0, 0.05) is 11.9 Å². The number of aliphatic hydroxyl groups excluding tert-OH is 1. The molecule has 1 N–H and O–H groups in total. The van der Waals surface area contributed by atoms with Crippen LogP contribution in [0.15, 0.2) is 36.5 Å². The first kappa shape index (κ1) is 14.0. The highest BCUT2D eigenvalue weighted by Crippen LogP contribution is 2.16. The van der Waals surface area contributed by atoms with E-state index in [2.05, 4.69) is 10.2 Å². The molecule has 3 heterocycles. The van der Waals surface area contributed by atoms with Crippen LogP contribution in [0.5, 0.6) is 0 Å². The van der Waals surface area contributed by atoms with Crippen molar-refractivity contribution in [2.24, 2.45) is 0 Å². The Kier molecular flexibility index (Phi) is 3.34. The molecule has 0 saturated heterocycles. The lowest BCUT2D eigenvalue weighted by Gasteiger charge is -2.27. The van der Waals surface area contributed by atoms with Crippen molar-refractivity contribution in [3.05, 3.63) is 47.9 Å². The number of para-hydroxylation sites is 1. The highest BCUT2D eigenvalue weighted by atomic mass is 16.3. The van der Waals surface area contributed by atoms with Gasteiger partial charge < -0.3 is 10.0 Å². The number of aromatic nitrogens is 4. The lowest BCUT2D eigenvalue weighted by Crippen LogP contribution is -2.40. The van der Waals surface area contributed by atoms with Crippen LogP contribution in [-0.2, 0) is 31.0 Å². The molecular weight excluding hydrogens is 294 g/mol. The van der Waals surface area contributed by atoms with Crippen LogP contribution in [0.2, 0.25) is 0 Å². The molecular formula is C16H17N5O2. The van der Waals surface area contributed by atoms with Gasteiger partial charge in [0.15, 0.2) is 0 Å². The third-order valence-electron chi connectivity index (χ3n) is 4.20. The normalized spacial score (nSPS) is 14.2. The highest BCUT2D eigenvalue weighted by molar-refractivity contribution is 5.82. The van der Waals surface area contributed by atoms with Crippen LogP contribution in [0, 0.1) is 0 Å². The molecule has 0 bridgehead atoms. The quantitative estimate of drug-likeness (QED) is 0.775. The lowest BCUT2D eigenvalue weighted by atomic mass is 10.2. The molecule has 1 aliphatic rings. The summed E-state index contributed by atoms with van der Waals surface area (Å²) in [5, 5.41) is 18.8. The van der Waals surface area contributed by atoms with Gasteiger partial charge in [-0.2, -0.15) is 10.2 Å². The van der Waals surface area contributed by atoms with Crippen LogP contribution in [0.4, 0.5) is 0 Å². The van der Waals surface area contributed by atoms with E-state index in [9.17, 15) is 4.79 Å². The van der Waals surface area contributed by atoms with E-state index in [1.165, 1.54) is 0 Å². The zero-order valence-corrected chi connectivity index (χ0v) is 12.6.